The minimum Gasteiger partial charge on any atom is -0.468 e. The van der Waals surface area contributed by atoms with Gasteiger partial charge in [-0.3, -0.25) is 14.5 Å². The second-order valence-corrected chi connectivity index (χ2v) is 4.29. The van der Waals surface area contributed by atoms with Crippen LogP contribution in [0.2, 0.25) is 0 Å². The van der Waals surface area contributed by atoms with Gasteiger partial charge in [-0.15, -0.1) is 0 Å². The van der Waals surface area contributed by atoms with Gasteiger partial charge in [-0.05, 0) is 13.0 Å². The smallest absolute Gasteiger partial charge is 0.331 e. The number of hydrogen-bond acceptors (Lipinski definition) is 5. The molecule has 0 atom stereocenters. The van der Waals surface area contributed by atoms with Crippen LogP contribution in [0, 0.1) is 0 Å². The van der Waals surface area contributed by atoms with Crippen molar-refractivity contribution in [1.29, 1.82) is 0 Å². The minimum absolute atomic E-state index is 0.202. The number of ether oxygens (including phenoxy) is 2. The van der Waals surface area contributed by atoms with Gasteiger partial charge in [0.05, 0.1) is 25.0 Å². The van der Waals surface area contributed by atoms with E-state index in [9.17, 15) is 14.4 Å². The van der Waals surface area contributed by atoms with Crippen LogP contribution in [-0.4, -0.2) is 38.1 Å². The molecule has 0 spiro atoms. The number of carbonyl (C=O) groups is 3. The molecule has 1 amide bonds. The number of amides is 1. The van der Waals surface area contributed by atoms with E-state index in [-0.39, 0.29) is 18.7 Å². The zero-order chi connectivity index (χ0) is 15.4. The summed E-state index contributed by atoms with van der Waals surface area (Å²) in [6.07, 6.45) is 1.15. The molecule has 6 nitrogen and oxygen atoms in total. The number of esters is 2. The fraction of sp³-hybridized carbons (Fsp3) is 0.267. The van der Waals surface area contributed by atoms with Gasteiger partial charge < -0.3 is 9.47 Å². The zero-order valence-electron chi connectivity index (χ0n) is 11.8. The number of fused-ring (bicyclic) bond motifs is 1. The van der Waals surface area contributed by atoms with Crippen molar-refractivity contribution in [2.24, 2.45) is 0 Å². The number of nitrogens with zero attached hydrogens (tertiary/aromatic N) is 1. The first-order valence-corrected chi connectivity index (χ1v) is 6.45. The van der Waals surface area contributed by atoms with Crippen molar-refractivity contribution in [2.75, 3.05) is 25.2 Å². The van der Waals surface area contributed by atoms with E-state index < -0.39 is 17.8 Å². The minimum atomic E-state index is -0.587. The van der Waals surface area contributed by atoms with Crippen molar-refractivity contribution in [1.82, 2.24) is 0 Å². The molecule has 1 aliphatic rings. The van der Waals surface area contributed by atoms with Gasteiger partial charge in [-0.1, -0.05) is 18.2 Å². The van der Waals surface area contributed by atoms with E-state index in [4.69, 9.17) is 4.74 Å². The Labute approximate surface area is 121 Å². The van der Waals surface area contributed by atoms with Gasteiger partial charge in [0.15, 0.2) is 0 Å². The van der Waals surface area contributed by atoms with E-state index >= 15 is 0 Å². The first-order valence-electron chi connectivity index (χ1n) is 6.45. The van der Waals surface area contributed by atoms with E-state index in [1.807, 2.05) is 0 Å². The molecule has 1 heterocycles. The van der Waals surface area contributed by atoms with Crippen LogP contribution in [0.4, 0.5) is 5.69 Å². The molecule has 1 aromatic rings. The number of benzene rings is 1. The van der Waals surface area contributed by atoms with Gasteiger partial charge in [0.1, 0.15) is 6.54 Å². The average Bonchev–Trinajstić information content (AvgIpc) is 2.73. The number of para-hydroxylation sites is 1. The van der Waals surface area contributed by atoms with Gasteiger partial charge in [0.2, 0.25) is 0 Å². The summed E-state index contributed by atoms with van der Waals surface area (Å²) in [5, 5.41) is 0. The lowest BCUT2D eigenvalue weighted by atomic mass is 10.1. The van der Waals surface area contributed by atoms with Crippen LogP contribution < -0.4 is 4.90 Å². The molecular weight excluding hydrogens is 274 g/mol. The summed E-state index contributed by atoms with van der Waals surface area (Å²) in [5.41, 5.74) is 1.39. The predicted molar refractivity (Wildman–Crippen MR) is 75.4 cm³/mol. The molecule has 0 bridgehead atoms. The molecule has 0 unspecified atom stereocenters. The van der Waals surface area contributed by atoms with E-state index in [1.165, 1.54) is 12.0 Å². The Morgan fingerprint density at radius 3 is 2.67 bits per heavy atom. The van der Waals surface area contributed by atoms with Crippen LogP contribution in [0.1, 0.15) is 12.5 Å². The van der Waals surface area contributed by atoms with E-state index in [0.717, 1.165) is 6.08 Å². The lowest BCUT2D eigenvalue weighted by molar-refractivity contribution is -0.139. The highest BCUT2D eigenvalue weighted by molar-refractivity contribution is 6.35. The number of methoxy groups -OCH3 is 1. The quantitative estimate of drug-likeness (QED) is 0.614. The van der Waals surface area contributed by atoms with Crippen LogP contribution in [0.5, 0.6) is 0 Å². The molecule has 0 aromatic heterocycles. The van der Waals surface area contributed by atoms with Crippen LogP contribution in [0.15, 0.2) is 30.3 Å². The van der Waals surface area contributed by atoms with Gasteiger partial charge in [-0.25, -0.2) is 4.79 Å². The zero-order valence-corrected chi connectivity index (χ0v) is 11.8. The molecule has 6 heteroatoms. The number of anilines is 1. The second-order valence-electron chi connectivity index (χ2n) is 4.29. The molecule has 110 valence electrons. The molecule has 0 saturated heterocycles. The standard InChI is InChI=1S/C15H15NO5/c1-3-21-13(17)8-11-10-6-4-5-7-12(10)16(15(11)19)9-14(18)20-2/h4-8H,3,9H2,1-2H3/b11-8+. The van der Waals surface area contributed by atoms with Crippen molar-refractivity contribution in [3.63, 3.8) is 0 Å². The van der Waals surface area contributed by atoms with Crippen molar-refractivity contribution in [3.8, 4) is 0 Å². The Morgan fingerprint density at radius 2 is 2.00 bits per heavy atom. The molecule has 2 rings (SSSR count). The van der Waals surface area contributed by atoms with Crippen molar-refractivity contribution >= 4 is 29.1 Å². The van der Waals surface area contributed by atoms with Gasteiger partial charge in [-0.2, -0.15) is 0 Å². The highest BCUT2D eigenvalue weighted by Crippen LogP contribution is 2.36. The Balaban J connectivity index is 2.39. The topological polar surface area (TPSA) is 72.9 Å². The fourth-order valence-corrected chi connectivity index (χ4v) is 2.10. The molecular formula is C15H15NO5. The summed E-state index contributed by atoms with van der Waals surface area (Å²) in [4.78, 5) is 36.7. The van der Waals surface area contributed by atoms with E-state index in [1.54, 1.807) is 31.2 Å². The Hall–Kier alpha value is -2.63. The number of rotatable bonds is 4. The van der Waals surface area contributed by atoms with Gasteiger partial charge in [0.25, 0.3) is 5.91 Å². The third-order valence-electron chi connectivity index (χ3n) is 3.02. The highest BCUT2D eigenvalue weighted by Gasteiger charge is 2.34. The molecule has 0 radical (unpaired) electrons. The molecule has 1 aromatic carbocycles. The summed E-state index contributed by atoms with van der Waals surface area (Å²) in [7, 11) is 1.25. The molecule has 0 N–H and O–H groups in total. The fourth-order valence-electron chi connectivity index (χ4n) is 2.10. The molecule has 0 saturated carbocycles. The van der Waals surface area contributed by atoms with Gasteiger partial charge in [0, 0.05) is 11.6 Å². The summed E-state index contributed by atoms with van der Waals surface area (Å²) in [5.74, 6) is -1.54. The van der Waals surface area contributed by atoms with Crippen LogP contribution in [0.3, 0.4) is 0 Å². The second kappa shape index (κ2) is 6.21. The largest absolute Gasteiger partial charge is 0.468 e. The van der Waals surface area contributed by atoms with Crippen molar-refractivity contribution in [2.45, 2.75) is 6.92 Å². The van der Waals surface area contributed by atoms with Gasteiger partial charge >= 0.3 is 11.9 Å². The maximum absolute atomic E-state index is 12.4. The monoisotopic (exact) mass is 289 g/mol. The SMILES string of the molecule is CCOC(=O)/C=C1/C(=O)N(CC(=O)OC)c2ccccc21. The molecule has 0 aliphatic carbocycles. The van der Waals surface area contributed by atoms with Crippen LogP contribution in [-0.2, 0) is 23.9 Å². The predicted octanol–water partition coefficient (Wildman–Crippen LogP) is 1.15. The Bertz CT molecular complexity index is 620. The Morgan fingerprint density at radius 1 is 1.29 bits per heavy atom. The lowest BCUT2D eigenvalue weighted by Crippen LogP contribution is -2.32. The summed E-state index contributed by atoms with van der Waals surface area (Å²) in [6.45, 7) is 1.71. The Kier molecular flexibility index (Phi) is 4.37. The first-order chi connectivity index (χ1) is 10.1. The lowest BCUT2D eigenvalue weighted by Gasteiger charge is -2.14. The highest BCUT2D eigenvalue weighted by atomic mass is 16.5. The maximum atomic E-state index is 12.4. The van der Waals surface area contributed by atoms with Crippen molar-refractivity contribution < 1.29 is 23.9 Å². The summed E-state index contributed by atoms with van der Waals surface area (Å²) < 4.78 is 9.41. The summed E-state index contributed by atoms with van der Waals surface area (Å²) >= 11 is 0. The molecule has 0 fully saturated rings. The maximum Gasteiger partial charge on any atom is 0.331 e. The molecule has 1 aliphatic heterocycles. The normalized spacial score (nSPS) is 15.0. The van der Waals surface area contributed by atoms with E-state index in [2.05, 4.69) is 4.74 Å². The van der Waals surface area contributed by atoms with Crippen LogP contribution >= 0.6 is 0 Å². The first kappa shape index (κ1) is 14.8. The number of carbonyl (C=O) groups excluding carboxylic acids is 3. The number of hydrogen-bond donors (Lipinski definition) is 0. The van der Waals surface area contributed by atoms with E-state index in [0.29, 0.717) is 11.3 Å². The average molecular weight is 289 g/mol. The third kappa shape index (κ3) is 2.94. The van der Waals surface area contributed by atoms with Crippen LogP contribution in [0.25, 0.3) is 5.57 Å². The third-order valence-corrected chi connectivity index (χ3v) is 3.02. The van der Waals surface area contributed by atoms with Crippen molar-refractivity contribution in [3.05, 3.63) is 35.9 Å². The molecule has 21 heavy (non-hydrogen) atoms. The summed E-state index contributed by atoms with van der Waals surface area (Å²) in [6, 6.07) is 6.94.